The summed E-state index contributed by atoms with van der Waals surface area (Å²) < 4.78 is -0.694. The van der Waals surface area contributed by atoms with Crippen LogP contribution in [0.3, 0.4) is 0 Å². The molecule has 0 aromatic carbocycles. The first kappa shape index (κ1) is 4.39. The van der Waals surface area contributed by atoms with Crippen LogP contribution in [0, 0.1) is 0 Å². The molecule has 3 radical (unpaired) electrons. The van der Waals surface area contributed by atoms with Crippen LogP contribution in [0.15, 0.2) is 0 Å². The van der Waals surface area contributed by atoms with Crippen molar-refractivity contribution < 1.29 is 9.90 Å². The van der Waals surface area contributed by atoms with Gasteiger partial charge >= 0.3 is 39.2 Å². The van der Waals surface area contributed by atoms with Gasteiger partial charge in [-0.1, -0.05) is 0 Å². The van der Waals surface area contributed by atoms with Crippen LogP contribution in [-0.4, -0.2) is 34.4 Å². The monoisotopic (exact) mass is 253 g/mol. The van der Waals surface area contributed by atoms with Crippen molar-refractivity contribution >= 4 is 29.3 Å². The average Bonchev–Trinajstić information content (AvgIpc) is 0.811. The molecule has 0 unspecified atom stereocenters. The van der Waals surface area contributed by atoms with Gasteiger partial charge in [-0.25, -0.2) is 0 Å². The summed E-state index contributed by atoms with van der Waals surface area (Å²) in [7, 11) is 0. The molecular weight excluding hydrogens is 251 g/mol. The van der Waals surface area contributed by atoms with E-state index >= 15 is 0 Å². The van der Waals surface area contributed by atoms with Crippen LogP contribution in [0.2, 0.25) is 0 Å². The third kappa shape index (κ3) is 30.2. The SMILES string of the molecule is O=[C](O)[Pb]. The molecule has 0 rings (SSSR count). The fraction of sp³-hybridized carbons (Fsp3) is 0. The van der Waals surface area contributed by atoms with Gasteiger partial charge in [0.25, 0.3) is 0 Å². The number of hydrogen-bond acceptors (Lipinski definition) is 1. The van der Waals surface area contributed by atoms with Crippen LogP contribution in [0.1, 0.15) is 0 Å². The Balaban J connectivity index is 2.80. The van der Waals surface area contributed by atoms with Crippen molar-refractivity contribution in [2.24, 2.45) is 0 Å². The van der Waals surface area contributed by atoms with Gasteiger partial charge in [-0.05, 0) is 0 Å². The molecule has 0 saturated carbocycles. The maximum atomic E-state index is 9.06. The van der Waals surface area contributed by atoms with E-state index in [9.17, 15) is 0 Å². The zero-order valence-corrected chi connectivity index (χ0v) is 5.74. The molecule has 0 atom stereocenters. The number of carboxylic acid groups (broad SMARTS) is 1. The minimum absolute atomic E-state index is 0.265. The van der Waals surface area contributed by atoms with Crippen LogP contribution in [0.25, 0.3) is 0 Å². The molecule has 0 aromatic rings. The summed E-state index contributed by atoms with van der Waals surface area (Å²) in [5.41, 5.74) is 0. The first-order valence-electron chi connectivity index (χ1n) is 0.678. The molecule has 0 aliphatic heterocycles. The molecule has 0 aliphatic rings. The molecule has 4 heavy (non-hydrogen) atoms. The summed E-state index contributed by atoms with van der Waals surface area (Å²) in [4.78, 5) is 9.06. The maximum absolute atomic E-state index is 9.06. The number of carbonyl (C=O) groups is 1. The summed E-state index contributed by atoms with van der Waals surface area (Å²) in [5.74, 6) is 0. The van der Waals surface area contributed by atoms with E-state index in [0.717, 1.165) is 0 Å². The van der Waals surface area contributed by atoms with E-state index in [2.05, 4.69) is 0 Å². The van der Waals surface area contributed by atoms with Crippen molar-refractivity contribution in [3.05, 3.63) is 0 Å². The Morgan fingerprint density at radius 3 is 2.00 bits per heavy atom. The van der Waals surface area contributed by atoms with Gasteiger partial charge in [-0.3, -0.25) is 0 Å². The standard InChI is InChI=1S/CHO2.Pb/c2-1-3;/h(H,2,3);. The first-order valence-corrected chi connectivity index (χ1v) is 2.62. The Labute approximate surface area is 39.5 Å². The molecule has 21 valence electrons. The fourth-order valence-corrected chi connectivity index (χ4v) is 0. The minimum atomic E-state index is -0.694. The zero-order chi connectivity index (χ0) is 3.58. The van der Waals surface area contributed by atoms with Crippen LogP contribution in [0.4, 0.5) is 4.79 Å². The Morgan fingerprint density at radius 1 is 2.00 bits per heavy atom. The van der Waals surface area contributed by atoms with Gasteiger partial charge in [-0.15, -0.1) is 0 Å². The van der Waals surface area contributed by atoms with Gasteiger partial charge < -0.3 is 0 Å². The van der Waals surface area contributed by atoms with Crippen LogP contribution < -0.4 is 0 Å². The average molecular weight is 252 g/mol. The van der Waals surface area contributed by atoms with Gasteiger partial charge in [0, 0.05) is 0 Å². The van der Waals surface area contributed by atoms with Crippen LogP contribution in [-0.2, 0) is 0 Å². The van der Waals surface area contributed by atoms with Crippen LogP contribution in [0.5, 0.6) is 0 Å². The molecule has 1 N–H and O–H groups in total. The summed E-state index contributed by atoms with van der Waals surface area (Å²) in [6.45, 7) is 0. The molecule has 0 amide bonds. The summed E-state index contributed by atoms with van der Waals surface area (Å²) in [6, 6.07) is 0. The second-order valence-corrected chi connectivity index (χ2v) is 1.97. The Hall–Kier alpha value is 0.392. The molecule has 0 aliphatic carbocycles. The van der Waals surface area contributed by atoms with Crippen molar-refractivity contribution in [2.75, 3.05) is 0 Å². The van der Waals surface area contributed by atoms with E-state index in [-0.39, 0.29) is 25.8 Å². The van der Waals surface area contributed by atoms with E-state index in [1.807, 2.05) is 0 Å². The Morgan fingerprint density at radius 2 is 2.00 bits per heavy atom. The predicted molar refractivity (Wildman–Crippen MR) is 13.8 cm³/mol. The van der Waals surface area contributed by atoms with Crippen molar-refractivity contribution in [1.29, 1.82) is 0 Å². The van der Waals surface area contributed by atoms with Crippen molar-refractivity contribution in [3.63, 3.8) is 0 Å². The van der Waals surface area contributed by atoms with Crippen molar-refractivity contribution in [2.45, 2.75) is 0 Å². The third-order valence-electron chi connectivity index (χ3n) is 0. The third-order valence-corrected chi connectivity index (χ3v) is 0. The molecule has 0 fully saturated rings. The molecular formula is CHO2Pb. The summed E-state index contributed by atoms with van der Waals surface area (Å²) >= 11 is 0.265. The van der Waals surface area contributed by atoms with E-state index < -0.39 is 3.53 Å². The second kappa shape index (κ2) is 1.69. The number of hydrogen-bond donors (Lipinski definition) is 1. The fourth-order valence-electron chi connectivity index (χ4n) is 0. The molecule has 0 saturated heterocycles. The molecule has 0 aromatic heterocycles. The van der Waals surface area contributed by atoms with E-state index in [0.29, 0.717) is 0 Å². The quantitative estimate of drug-likeness (QED) is 0.608. The molecule has 0 heterocycles. The molecule has 0 bridgehead atoms. The van der Waals surface area contributed by atoms with E-state index in [4.69, 9.17) is 9.90 Å². The summed E-state index contributed by atoms with van der Waals surface area (Å²) in [6.07, 6.45) is 0. The normalized spacial score (nSPS) is 6.25. The van der Waals surface area contributed by atoms with Gasteiger partial charge in [0.15, 0.2) is 0 Å². The Bertz CT molecular complexity index is 29.0. The second-order valence-electron chi connectivity index (χ2n) is 0.305. The predicted octanol–water partition coefficient (Wildman–Crippen LogP) is -0.167. The first-order chi connectivity index (χ1) is 1.73. The Kier molecular flexibility index (Phi) is 1.85. The van der Waals surface area contributed by atoms with Gasteiger partial charge in [0.2, 0.25) is 0 Å². The van der Waals surface area contributed by atoms with Gasteiger partial charge in [-0.2, -0.15) is 0 Å². The molecule has 3 heteroatoms. The van der Waals surface area contributed by atoms with Gasteiger partial charge in [0.05, 0.1) is 0 Å². The molecule has 2 nitrogen and oxygen atoms in total. The topological polar surface area (TPSA) is 37.3 Å². The number of rotatable bonds is 0. The van der Waals surface area contributed by atoms with E-state index in [1.54, 1.807) is 0 Å². The van der Waals surface area contributed by atoms with Crippen molar-refractivity contribution in [1.82, 2.24) is 0 Å². The van der Waals surface area contributed by atoms with Crippen molar-refractivity contribution in [3.8, 4) is 0 Å². The van der Waals surface area contributed by atoms with E-state index in [1.165, 1.54) is 0 Å². The van der Waals surface area contributed by atoms with Crippen LogP contribution >= 0.6 is 0 Å². The molecule has 0 spiro atoms. The summed E-state index contributed by atoms with van der Waals surface area (Å²) in [5, 5.41) is 7.48. The zero-order valence-electron chi connectivity index (χ0n) is 1.86. The van der Waals surface area contributed by atoms with Gasteiger partial charge in [0.1, 0.15) is 0 Å².